The van der Waals surface area contributed by atoms with E-state index in [9.17, 15) is 13.2 Å². The predicted octanol–water partition coefficient (Wildman–Crippen LogP) is 2.09. The molecule has 2 N–H and O–H groups in total. The molecule has 1 aliphatic heterocycles. The maximum Gasteiger partial charge on any atom is 0.306 e. The molecule has 0 bridgehead atoms. The van der Waals surface area contributed by atoms with Gasteiger partial charge in [0.15, 0.2) is 0 Å². The maximum absolute atomic E-state index is 12.3. The number of aliphatic carboxylic acids is 1. The molecule has 2 heterocycles. The fourth-order valence-electron chi connectivity index (χ4n) is 2.26. The van der Waals surface area contributed by atoms with E-state index in [1.807, 2.05) is 0 Å². The molecule has 6 nitrogen and oxygen atoms in total. The normalized spacial score (nSPS) is 19.5. The van der Waals surface area contributed by atoms with Crippen molar-refractivity contribution in [3.05, 3.63) is 21.3 Å². The number of nitrogens with zero attached hydrogens (tertiary/aromatic N) is 1. The van der Waals surface area contributed by atoms with Crippen LogP contribution in [0.3, 0.4) is 0 Å². The summed E-state index contributed by atoms with van der Waals surface area (Å²) in [5.74, 6) is -1.31. The molecule has 1 aromatic rings. The average molecular weight is 353 g/mol. The molecule has 1 saturated heterocycles. The van der Waals surface area contributed by atoms with Gasteiger partial charge >= 0.3 is 5.97 Å². The van der Waals surface area contributed by atoms with Crippen LogP contribution in [0.25, 0.3) is 0 Å². The van der Waals surface area contributed by atoms with Crippen molar-refractivity contribution in [1.82, 2.24) is 9.03 Å². The minimum Gasteiger partial charge on any atom is -0.481 e. The first-order chi connectivity index (χ1) is 9.79. The second-order valence-electron chi connectivity index (χ2n) is 5.00. The summed E-state index contributed by atoms with van der Waals surface area (Å²) in [6.07, 6.45) is 0.685. The van der Waals surface area contributed by atoms with E-state index in [1.165, 1.54) is 15.6 Å². The van der Waals surface area contributed by atoms with Crippen molar-refractivity contribution in [2.24, 2.45) is 5.92 Å². The molecular formula is C12H17ClN2O4S2. The van der Waals surface area contributed by atoms with Crippen LogP contribution in [0.1, 0.15) is 30.7 Å². The highest BCUT2D eigenvalue weighted by Crippen LogP contribution is 2.28. The van der Waals surface area contributed by atoms with E-state index in [1.54, 1.807) is 19.1 Å². The van der Waals surface area contributed by atoms with Gasteiger partial charge in [0.05, 0.1) is 16.3 Å². The summed E-state index contributed by atoms with van der Waals surface area (Å²) in [5.41, 5.74) is 0. The molecule has 0 aliphatic carbocycles. The van der Waals surface area contributed by atoms with Crippen molar-refractivity contribution < 1.29 is 18.3 Å². The monoisotopic (exact) mass is 352 g/mol. The average Bonchev–Trinajstić information content (AvgIpc) is 2.85. The van der Waals surface area contributed by atoms with Gasteiger partial charge in [0.1, 0.15) is 0 Å². The highest BCUT2D eigenvalue weighted by atomic mass is 35.5. The topological polar surface area (TPSA) is 86.7 Å². The van der Waals surface area contributed by atoms with Gasteiger partial charge in [-0.2, -0.15) is 17.4 Å². The summed E-state index contributed by atoms with van der Waals surface area (Å²) in [5, 5.41) is 8.93. The van der Waals surface area contributed by atoms with Crippen molar-refractivity contribution in [2.75, 3.05) is 13.1 Å². The van der Waals surface area contributed by atoms with Crippen molar-refractivity contribution in [3.63, 3.8) is 0 Å². The SMILES string of the molecule is CC(NS(=O)(=O)N1CCC(C(=O)O)CC1)c1ccc(Cl)s1. The van der Waals surface area contributed by atoms with Crippen molar-refractivity contribution in [3.8, 4) is 0 Å². The lowest BCUT2D eigenvalue weighted by molar-refractivity contribution is -0.142. The van der Waals surface area contributed by atoms with E-state index in [2.05, 4.69) is 4.72 Å². The van der Waals surface area contributed by atoms with E-state index in [-0.39, 0.29) is 19.1 Å². The third-order valence-electron chi connectivity index (χ3n) is 3.49. The number of carbonyl (C=O) groups is 1. The molecule has 1 fully saturated rings. The van der Waals surface area contributed by atoms with Gasteiger partial charge in [-0.05, 0) is 31.9 Å². The standard InChI is InChI=1S/C12H17ClN2O4S2/c1-8(10-2-3-11(13)20-10)14-21(18,19)15-6-4-9(5-7-15)12(16)17/h2-3,8-9,14H,4-7H2,1H3,(H,16,17). The largest absolute Gasteiger partial charge is 0.481 e. The van der Waals surface area contributed by atoms with E-state index >= 15 is 0 Å². The Labute approximate surface area is 132 Å². The molecule has 1 aromatic heterocycles. The van der Waals surface area contributed by atoms with Gasteiger partial charge in [-0.1, -0.05) is 11.6 Å². The fourth-order valence-corrected chi connectivity index (χ4v) is 4.81. The molecule has 1 unspecified atom stereocenters. The second-order valence-corrected chi connectivity index (χ2v) is 8.45. The molecule has 0 aromatic carbocycles. The highest BCUT2D eigenvalue weighted by molar-refractivity contribution is 7.87. The molecule has 21 heavy (non-hydrogen) atoms. The number of halogens is 1. The lowest BCUT2D eigenvalue weighted by Gasteiger charge is -2.30. The Balaban J connectivity index is 1.98. The number of carboxylic acids is 1. The first-order valence-electron chi connectivity index (χ1n) is 6.55. The number of nitrogens with one attached hydrogen (secondary N) is 1. The Morgan fingerprint density at radius 3 is 2.57 bits per heavy atom. The van der Waals surface area contributed by atoms with Gasteiger partial charge < -0.3 is 5.11 Å². The summed E-state index contributed by atoms with van der Waals surface area (Å²) in [6.45, 7) is 2.21. The molecule has 0 saturated carbocycles. The van der Waals surface area contributed by atoms with Gasteiger partial charge in [0.25, 0.3) is 10.2 Å². The minimum absolute atomic E-state index is 0.226. The molecule has 0 spiro atoms. The number of rotatable bonds is 5. The summed E-state index contributed by atoms with van der Waals surface area (Å²) < 4.78 is 29.1. The van der Waals surface area contributed by atoms with Gasteiger partial charge in [-0.3, -0.25) is 4.79 Å². The zero-order chi connectivity index (χ0) is 15.6. The number of carboxylic acid groups (broad SMARTS) is 1. The minimum atomic E-state index is -3.62. The molecule has 2 rings (SSSR count). The quantitative estimate of drug-likeness (QED) is 0.849. The van der Waals surface area contributed by atoms with Crippen LogP contribution in [0.5, 0.6) is 0 Å². The second kappa shape index (κ2) is 6.62. The van der Waals surface area contributed by atoms with Crippen LogP contribution in [0, 0.1) is 5.92 Å². The third-order valence-corrected chi connectivity index (χ3v) is 6.60. The lowest BCUT2D eigenvalue weighted by Crippen LogP contribution is -2.46. The number of piperidine rings is 1. The van der Waals surface area contributed by atoms with Gasteiger partial charge in [-0.15, -0.1) is 11.3 Å². The Hall–Kier alpha value is -0.670. The molecular weight excluding hydrogens is 336 g/mol. The first-order valence-corrected chi connectivity index (χ1v) is 9.18. The van der Waals surface area contributed by atoms with E-state index < -0.39 is 22.1 Å². The first kappa shape index (κ1) is 16.7. The maximum atomic E-state index is 12.3. The van der Waals surface area contributed by atoms with Crippen LogP contribution >= 0.6 is 22.9 Å². The van der Waals surface area contributed by atoms with Crippen molar-refractivity contribution >= 4 is 39.1 Å². The van der Waals surface area contributed by atoms with E-state index in [0.717, 1.165) is 4.88 Å². The van der Waals surface area contributed by atoms with E-state index in [4.69, 9.17) is 16.7 Å². The summed E-state index contributed by atoms with van der Waals surface area (Å²) in [6, 6.07) is 3.14. The Morgan fingerprint density at radius 1 is 1.48 bits per heavy atom. The summed E-state index contributed by atoms with van der Waals surface area (Å²) >= 11 is 7.18. The van der Waals surface area contributed by atoms with Crippen LogP contribution in [0.4, 0.5) is 0 Å². The lowest BCUT2D eigenvalue weighted by atomic mass is 9.99. The number of hydrogen-bond donors (Lipinski definition) is 2. The fraction of sp³-hybridized carbons (Fsp3) is 0.583. The molecule has 118 valence electrons. The van der Waals surface area contributed by atoms with E-state index in [0.29, 0.717) is 17.2 Å². The highest BCUT2D eigenvalue weighted by Gasteiger charge is 2.31. The summed E-state index contributed by atoms with van der Waals surface area (Å²) in [4.78, 5) is 11.7. The smallest absolute Gasteiger partial charge is 0.306 e. The van der Waals surface area contributed by atoms with Crippen LogP contribution in [-0.4, -0.2) is 36.9 Å². The predicted molar refractivity (Wildman–Crippen MR) is 81.7 cm³/mol. The Morgan fingerprint density at radius 2 is 2.10 bits per heavy atom. The van der Waals surface area contributed by atoms with Gasteiger partial charge in [0.2, 0.25) is 0 Å². The van der Waals surface area contributed by atoms with Gasteiger partial charge in [-0.25, -0.2) is 0 Å². The summed E-state index contributed by atoms with van der Waals surface area (Å²) in [7, 11) is -3.62. The molecule has 0 amide bonds. The zero-order valence-electron chi connectivity index (χ0n) is 11.5. The van der Waals surface area contributed by atoms with Crippen molar-refractivity contribution in [2.45, 2.75) is 25.8 Å². The molecule has 9 heteroatoms. The van der Waals surface area contributed by atoms with Crippen LogP contribution in [-0.2, 0) is 15.0 Å². The zero-order valence-corrected chi connectivity index (χ0v) is 13.8. The van der Waals surface area contributed by atoms with Crippen LogP contribution < -0.4 is 4.72 Å². The Kier molecular flexibility index (Phi) is 5.26. The molecule has 1 aliphatic rings. The van der Waals surface area contributed by atoms with Gasteiger partial charge in [0, 0.05) is 18.0 Å². The Bertz CT molecular complexity index is 609. The molecule has 0 radical (unpaired) electrons. The number of thiophene rings is 1. The molecule has 1 atom stereocenters. The third kappa shape index (κ3) is 4.17. The number of hydrogen-bond acceptors (Lipinski definition) is 4. The van der Waals surface area contributed by atoms with Crippen LogP contribution in [0.2, 0.25) is 4.34 Å². The van der Waals surface area contributed by atoms with Crippen molar-refractivity contribution in [1.29, 1.82) is 0 Å². The van der Waals surface area contributed by atoms with Crippen LogP contribution in [0.15, 0.2) is 12.1 Å².